The number of nitrogens with one attached hydrogen (secondary N) is 1. The standard InChI is InChI=1S/C14H18ClN3O/c15-13-7-10(3-4-12(13)14(16)17)18-8-1-2-9(18)6-11(19)5-8/h3-4,7-9,11,19H,1-2,5-6H2,(H3,16,17). The van der Waals surface area contributed by atoms with Crippen LogP contribution in [0.15, 0.2) is 18.2 Å². The minimum absolute atomic E-state index is 0.00594. The van der Waals surface area contributed by atoms with Gasteiger partial charge in [0.05, 0.1) is 11.1 Å². The lowest BCUT2D eigenvalue weighted by molar-refractivity contribution is 0.126. The van der Waals surface area contributed by atoms with Crippen molar-refractivity contribution < 1.29 is 5.11 Å². The molecular formula is C14H18ClN3O. The van der Waals surface area contributed by atoms with Gasteiger partial charge in [0.2, 0.25) is 0 Å². The van der Waals surface area contributed by atoms with Crippen molar-refractivity contribution in [3.8, 4) is 0 Å². The summed E-state index contributed by atoms with van der Waals surface area (Å²) in [6.07, 6.45) is 3.77. The van der Waals surface area contributed by atoms with E-state index in [1.54, 1.807) is 0 Å². The Kier molecular flexibility index (Phi) is 3.15. The second-order valence-corrected chi connectivity index (χ2v) is 5.90. The number of aliphatic hydroxyl groups excluding tert-OH is 1. The topological polar surface area (TPSA) is 73.3 Å². The number of rotatable bonds is 2. The Morgan fingerprint density at radius 3 is 2.47 bits per heavy atom. The lowest BCUT2D eigenvalue weighted by Gasteiger charge is -2.39. The number of halogens is 1. The quantitative estimate of drug-likeness (QED) is 0.573. The van der Waals surface area contributed by atoms with E-state index in [-0.39, 0.29) is 11.9 Å². The zero-order chi connectivity index (χ0) is 13.6. The summed E-state index contributed by atoms with van der Waals surface area (Å²) in [5.74, 6) is -0.00594. The molecule has 5 heteroatoms. The Morgan fingerprint density at radius 2 is 1.95 bits per heavy atom. The minimum Gasteiger partial charge on any atom is -0.393 e. The molecule has 2 atom stereocenters. The van der Waals surface area contributed by atoms with Crippen molar-refractivity contribution in [3.63, 3.8) is 0 Å². The number of aliphatic hydroxyl groups is 1. The third kappa shape index (κ3) is 2.19. The maximum absolute atomic E-state index is 9.83. The van der Waals surface area contributed by atoms with E-state index in [0.29, 0.717) is 22.7 Å². The summed E-state index contributed by atoms with van der Waals surface area (Å²) in [5.41, 5.74) is 7.14. The Bertz CT molecular complexity index is 505. The van der Waals surface area contributed by atoms with Gasteiger partial charge < -0.3 is 15.7 Å². The Hall–Kier alpha value is -1.26. The number of hydrogen-bond acceptors (Lipinski definition) is 3. The first-order valence-corrected chi connectivity index (χ1v) is 7.04. The lowest BCUT2D eigenvalue weighted by Crippen LogP contribution is -2.44. The fourth-order valence-corrected chi connectivity index (χ4v) is 3.73. The first-order chi connectivity index (χ1) is 9.06. The van der Waals surface area contributed by atoms with Gasteiger partial charge in [-0.05, 0) is 43.9 Å². The maximum Gasteiger partial charge on any atom is 0.124 e. The molecule has 2 aliphatic rings. The van der Waals surface area contributed by atoms with Gasteiger partial charge in [0.25, 0.3) is 0 Å². The van der Waals surface area contributed by atoms with Crippen LogP contribution < -0.4 is 10.6 Å². The molecule has 19 heavy (non-hydrogen) atoms. The van der Waals surface area contributed by atoms with Crippen LogP contribution >= 0.6 is 11.6 Å². The Balaban J connectivity index is 1.91. The van der Waals surface area contributed by atoms with Crippen molar-refractivity contribution in [2.24, 2.45) is 5.73 Å². The van der Waals surface area contributed by atoms with Crippen molar-refractivity contribution in [1.82, 2.24) is 0 Å². The van der Waals surface area contributed by atoms with E-state index >= 15 is 0 Å². The summed E-state index contributed by atoms with van der Waals surface area (Å²) in [4.78, 5) is 2.38. The van der Waals surface area contributed by atoms with Crippen LogP contribution in [-0.4, -0.2) is 29.1 Å². The van der Waals surface area contributed by atoms with E-state index in [0.717, 1.165) is 31.4 Å². The molecule has 0 aromatic heterocycles. The van der Waals surface area contributed by atoms with E-state index in [1.807, 2.05) is 18.2 Å². The Labute approximate surface area is 117 Å². The smallest absolute Gasteiger partial charge is 0.124 e. The molecule has 2 unspecified atom stereocenters. The van der Waals surface area contributed by atoms with Crippen LogP contribution in [0.1, 0.15) is 31.2 Å². The molecule has 2 bridgehead atoms. The number of hydrogen-bond donors (Lipinski definition) is 3. The highest BCUT2D eigenvalue weighted by molar-refractivity contribution is 6.34. The van der Waals surface area contributed by atoms with E-state index in [4.69, 9.17) is 22.7 Å². The molecule has 3 rings (SSSR count). The van der Waals surface area contributed by atoms with Crippen molar-refractivity contribution in [3.05, 3.63) is 28.8 Å². The van der Waals surface area contributed by atoms with Crippen LogP contribution in [0.3, 0.4) is 0 Å². The summed E-state index contributed by atoms with van der Waals surface area (Å²) < 4.78 is 0. The number of nitrogens with zero attached hydrogens (tertiary/aromatic N) is 1. The second-order valence-electron chi connectivity index (χ2n) is 5.50. The first-order valence-electron chi connectivity index (χ1n) is 6.66. The van der Waals surface area contributed by atoms with Gasteiger partial charge in [-0.1, -0.05) is 11.6 Å². The van der Waals surface area contributed by atoms with Crippen LogP contribution in [0.5, 0.6) is 0 Å². The first kappa shape index (κ1) is 12.8. The molecule has 0 saturated carbocycles. The average Bonchev–Trinajstić information content (AvgIpc) is 2.61. The largest absolute Gasteiger partial charge is 0.393 e. The molecule has 2 aliphatic heterocycles. The summed E-state index contributed by atoms with van der Waals surface area (Å²) >= 11 is 6.19. The molecule has 2 saturated heterocycles. The molecular weight excluding hydrogens is 262 g/mol. The van der Waals surface area contributed by atoms with Gasteiger partial charge in [0.15, 0.2) is 0 Å². The van der Waals surface area contributed by atoms with E-state index < -0.39 is 0 Å². The lowest BCUT2D eigenvalue weighted by atomic mass is 9.99. The molecule has 1 aromatic rings. The van der Waals surface area contributed by atoms with Crippen LogP contribution in [0.2, 0.25) is 5.02 Å². The third-order valence-electron chi connectivity index (χ3n) is 4.25. The van der Waals surface area contributed by atoms with Crippen LogP contribution in [0.4, 0.5) is 5.69 Å². The number of fused-ring (bicyclic) bond motifs is 2. The van der Waals surface area contributed by atoms with Gasteiger partial charge in [-0.25, -0.2) is 0 Å². The maximum atomic E-state index is 9.83. The summed E-state index contributed by atoms with van der Waals surface area (Å²) in [5, 5.41) is 17.8. The van der Waals surface area contributed by atoms with E-state index in [2.05, 4.69) is 4.90 Å². The third-order valence-corrected chi connectivity index (χ3v) is 4.56. The predicted molar refractivity (Wildman–Crippen MR) is 77.0 cm³/mol. The zero-order valence-corrected chi connectivity index (χ0v) is 11.4. The number of amidine groups is 1. The van der Waals surface area contributed by atoms with Crippen molar-refractivity contribution in [1.29, 1.82) is 5.41 Å². The summed E-state index contributed by atoms with van der Waals surface area (Å²) in [6, 6.07) is 6.50. The molecule has 0 spiro atoms. The number of benzene rings is 1. The highest BCUT2D eigenvalue weighted by Gasteiger charge is 2.40. The van der Waals surface area contributed by atoms with Crippen LogP contribution in [0, 0.1) is 5.41 Å². The molecule has 2 fully saturated rings. The minimum atomic E-state index is -0.166. The SMILES string of the molecule is N=C(N)c1ccc(N2C3CCC2CC(O)C3)cc1Cl. The zero-order valence-electron chi connectivity index (χ0n) is 10.6. The molecule has 4 N–H and O–H groups in total. The van der Waals surface area contributed by atoms with Crippen LogP contribution in [-0.2, 0) is 0 Å². The number of anilines is 1. The monoisotopic (exact) mass is 279 g/mol. The molecule has 102 valence electrons. The normalized spacial score (nSPS) is 29.6. The second kappa shape index (κ2) is 4.69. The van der Waals surface area contributed by atoms with E-state index in [1.165, 1.54) is 0 Å². The van der Waals surface area contributed by atoms with Gasteiger partial charge in [-0.2, -0.15) is 0 Å². The Morgan fingerprint density at radius 1 is 1.32 bits per heavy atom. The molecule has 2 heterocycles. The number of piperidine rings is 1. The van der Waals surface area contributed by atoms with Crippen molar-refractivity contribution in [2.45, 2.75) is 43.9 Å². The molecule has 4 nitrogen and oxygen atoms in total. The molecule has 1 aromatic carbocycles. The highest BCUT2D eigenvalue weighted by atomic mass is 35.5. The number of nitrogens with two attached hydrogens (primary N) is 1. The summed E-state index contributed by atoms with van der Waals surface area (Å²) in [6.45, 7) is 0. The van der Waals surface area contributed by atoms with Gasteiger partial charge in [0, 0.05) is 23.3 Å². The van der Waals surface area contributed by atoms with Gasteiger partial charge in [0.1, 0.15) is 5.84 Å². The van der Waals surface area contributed by atoms with Gasteiger partial charge in [-0.3, -0.25) is 5.41 Å². The van der Waals surface area contributed by atoms with Crippen molar-refractivity contribution >= 4 is 23.1 Å². The van der Waals surface area contributed by atoms with Gasteiger partial charge >= 0.3 is 0 Å². The van der Waals surface area contributed by atoms with Crippen molar-refractivity contribution in [2.75, 3.05) is 4.90 Å². The average molecular weight is 280 g/mol. The van der Waals surface area contributed by atoms with Crippen LogP contribution in [0.25, 0.3) is 0 Å². The highest BCUT2D eigenvalue weighted by Crippen LogP contribution is 2.40. The fourth-order valence-electron chi connectivity index (χ4n) is 3.45. The fraction of sp³-hybridized carbons (Fsp3) is 0.500. The molecule has 0 radical (unpaired) electrons. The van der Waals surface area contributed by atoms with E-state index in [9.17, 15) is 5.11 Å². The summed E-state index contributed by atoms with van der Waals surface area (Å²) in [7, 11) is 0. The number of nitrogen functional groups attached to an aromatic ring is 1. The predicted octanol–water partition coefficient (Wildman–Crippen LogP) is 2.12. The molecule has 0 aliphatic carbocycles. The molecule has 0 amide bonds. The van der Waals surface area contributed by atoms with Gasteiger partial charge in [-0.15, -0.1) is 0 Å².